The van der Waals surface area contributed by atoms with Crippen molar-refractivity contribution in [2.45, 2.75) is 18.9 Å². The third-order valence-electron chi connectivity index (χ3n) is 4.55. The molecule has 8 heteroatoms. The summed E-state index contributed by atoms with van der Waals surface area (Å²) < 4.78 is 16.4. The fourth-order valence-electron chi connectivity index (χ4n) is 2.81. The van der Waals surface area contributed by atoms with Gasteiger partial charge in [0.2, 0.25) is 0 Å². The molecule has 150 valence electrons. The van der Waals surface area contributed by atoms with Crippen LogP contribution in [0.5, 0.6) is 5.75 Å². The van der Waals surface area contributed by atoms with Crippen molar-refractivity contribution >= 4 is 11.8 Å². The van der Waals surface area contributed by atoms with Gasteiger partial charge in [0, 0.05) is 36.0 Å². The van der Waals surface area contributed by atoms with E-state index in [1.165, 1.54) is 0 Å². The smallest absolute Gasteiger partial charge is 0.411 e. The van der Waals surface area contributed by atoms with Gasteiger partial charge < -0.3 is 19.3 Å². The standard InChI is InChI=1S/C21H22N4O4/c26-21(24-16-4-2-1-3-5-16)27-9-7-17-11-20(29-25-17)15-10-19(13-22-12-15)28-14-18-6-8-23-18/h1-5,10-13,18,23H,6-9,14H2,(H,24,26)/t18-/m0/s1. The lowest BCUT2D eigenvalue weighted by Crippen LogP contribution is -2.46. The number of carbonyl (C=O) groups is 1. The van der Waals surface area contributed by atoms with Crippen LogP contribution in [0.25, 0.3) is 11.3 Å². The van der Waals surface area contributed by atoms with Crippen molar-refractivity contribution in [1.29, 1.82) is 0 Å². The summed E-state index contributed by atoms with van der Waals surface area (Å²) in [6, 6.07) is 13.2. The normalized spacial score (nSPS) is 15.4. The third-order valence-corrected chi connectivity index (χ3v) is 4.55. The first-order chi connectivity index (χ1) is 14.3. The van der Waals surface area contributed by atoms with Crippen LogP contribution in [0.1, 0.15) is 12.1 Å². The van der Waals surface area contributed by atoms with Crippen LogP contribution in [0.15, 0.2) is 59.4 Å². The van der Waals surface area contributed by atoms with Gasteiger partial charge in [0.15, 0.2) is 5.76 Å². The molecule has 8 nitrogen and oxygen atoms in total. The Labute approximate surface area is 168 Å². The van der Waals surface area contributed by atoms with Crippen molar-refractivity contribution in [3.63, 3.8) is 0 Å². The predicted octanol–water partition coefficient (Wildman–Crippen LogP) is 3.27. The van der Waals surface area contributed by atoms with E-state index in [-0.39, 0.29) is 6.61 Å². The van der Waals surface area contributed by atoms with Crippen LogP contribution >= 0.6 is 0 Å². The van der Waals surface area contributed by atoms with Crippen molar-refractivity contribution in [2.75, 3.05) is 25.1 Å². The number of benzene rings is 1. The van der Waals surface area contributed by atoms with Gasteiger partial charge in [-0.3, -0.25) is 10.3 Å². The summed E-state index contributed by atoms with van der Waals surface area (Å²) in [5.41, 5.74) is 2.16. The average Bonchev–Trinajstić information content (AvgIpc) is 3.17. The van der Waals surface area contributed by atoms with E-state index in [1.54, 1.807) is 24.5 Å². The summed E-state index contributed by atoms with van der Waals surface area (Å²) in [4.78, 5) is 16.0. The van der Waals surface area contributed by atoms with Gasteiger partial charge in [-0.15, -0.1) is 0 Å². The van der Waals surface area contributed by atoms with Crippen LogP contribution in [0.4, 0.5) is 10.5 Å². The van der Waals surface area contributed by atoms with Gasteiger partial charge in [-0.25, -0.2) is 4.79 Å². The maximum absolute atomic E-state index is 11.8. The first kappa shape index (κ1) is 18.9. The van der Waals surface area contributed by atoms with Crippen molar-refractivity contribution in [3.8, 4) is 17.1 Å². The minimum atomic E-state index is -0.505. The zero-order chi connectivity index (χ0) is 19.9. The Morgan fingerprint density at radius 3 is 2.90 bits per heavy atom. The molecule has 0 unspecified atom stereocenters. The molecule has 3 heterocycles. The highest BCUT2D eigenvalue weighted by Gasteiger charge is 2.17. The molecule has 0 radical (unpaired) electrons. The van der Waals surface area contributed by atoms with Gasteiger partial charge in [0.05, 0.1) is 18.5 Å². The second-order valence-electron chi connectivity index (χ2n) is 6.72. The maximum atomic E-state index is 11.8. The molecule has 1 aliphatic rings. The van der Waals surface area contributed by atoms with E-state index in [1.807, 2.05) is 30.3 Å². The number of hydrogen-bond donors (Lipinski definition) is 2. The highest BCUT2D eigenvalue weighted by Crippen LogP contribution is 2.24. The first-order valence-electron chi connectivity index (χ1n) is 9.52. The Morgan fingerprint density at radius 1 is 1.24 bits per heavy atom. The summed E-state index contributed by atoms with van der Waals surface area (Å²) in [5.74, 6) is 1.28. The minimum absolute atomic E-state index is 0.195. The van der Waals surface area contributed by atoms with E-state index < -0.39 is 6.09 Å². The molecule has 1 fully saturated rings. The Kier molecular flexibility index (Phi) is 6.01. The van der Waals surface area contributed by atoms with E-state index in [4.69, 9.17) is 14.0 Å². The first-order valence-corrected chi connectivity index (χ1v) is 9.52. The maximum Gasteiger partial charge on any atom is 0.411 e. The van der Waals surface area contributed by atoms with E-state index >= 15 is 0 Å². The molecule has 1 atom stereocenters. The highest BCUT2D eigenvalue weighted by atomic mass is 16.5. The average molecular weight is 394 g/mol. The summed E-state index contributed by atoms with van der Waals surface area (Å²) in [6.45, 7) is 1.86. The van der Waals surface area contributed by atoms with Crippen molar-refractivity contribution < 1.29 is 18.8 Å². The predicted molar refractivity (Wildman–Crippen MR) is 107 cm³/mol. The van der Waals surface area contributed by atoms with Crippen molar-refractivity contribution in [1.82, 2.24) is 15.5 Å². The topological polar surface area (TPSA) is 98.5 Å². The Morgan fingerprint density at radius 2 is 2.10 bits per heavy atom. The van der Waals surface area contributed by atoms with Gasteiger partial charge in [-0.05, 0) is 31.2 Å². The van der Waals surface area contributed by atoms with Gasteiger partial charge in [-0.2, -0.15) is 0 Å². The number of rotatable bonds is 8. The number of pyridine rings is 1. The highest BCUT2D eigenvalue weighted by molar-refractivity contribution is 5.84. The molecule has 0 saturated carbocycles. The molecule has 1 saturated heterocycles. The summed E-state index contributed by atoms with van der Waals surface area (Å²) in [5, 5.41) is 9.99. The van der Waals surface area contributed by atoms with Gasteiger partial charge in [0.1, 0.15) is 12.4 Å². The number of ether oxygens (including phenoxy) is 2. The largest absolute Gasteiger partial charge is 0.490 e. The van der Waals surface area contributed by atoms with Gasteiger partial charge in [0.25, 0.3) is 0 Å². The SMILES string of the molecule is O=C(Nc1ccccc1)OCCc1cc(-c2cncc(OC[C@@H]3CCN3)c2)on1. The second-order valence-corrected chi connectivity index (χ2v) is 6.72. The number of nitrogens with zero attached hydrogens (tertiary/aromatic N) is 2. The van der Waals surface area contributed by atoms with Crippen LogP contribution in [0.3, 0.4) is 0 Å². The lowest BCUT2D eigenvalue weighted by molar-refractivity contribution is 0.162. The molecule has 0 aliphatic carbocycles. The summed E-state index contributed by atoms with van der Waals surface area (Å²) in [7, 11) is 0. The lowest BCUT2D eigenvalue weighted by Gasteiger charge is -2.27. The number of anilines is 1. The Balaban J connectivity index is 1.26. The Bertz CT molecular complexity index is 941. The minimum Gasteiger partial charge on any atom is -0.490 e. The molecule has 1 aromatic carbocycles. The molecule has 4 rings (SSSR count). The van der Waals surface area contributed by atoms with Crippen LogP contribution < -0.4 is 15.4 Å². The van der Waals surface area contributed by atoms with E-state index in [9.17, 15) is 4.79 Å². The van der Waals surface area contributed by atoms with Gasteiger partial charge in [-0.1, -0.05) is 23.4 Å². The number of para-hydroxylation sites is 1. The quantitative estimate of drug-likeness (QED) is 0.605. The zero-order valence-corrected chi connectivity index (χ0v) is 15.8. The monoisotopic (exact) mass is 394 g/mol. The number of hydrogen-bond acceptors (Lipinski definition) is 7. The number of carbonyl (C=O) groups excluding carboxylic acids is 1. The molecule has 2 N–H and O–H groups in total. The van der Waals surface area contributed by atoms with Crippen molar-refractivity contribution in [2.24, 2.45) is 0 Å². The van der Waals surface area contributed by atoms with Crippen LogP contribution in [-0.4, -0.2) is 42.0 Å². The molecule has 1 aliphatic heterocycles. The Hall–Kier alpha value is -3.39. The third kappa shape index (κ3) is 5.32. The fraction of sp³-hybridized carbons (Fsp3) is 0.286. The molecular formula is C21H22N4O4. The molecule has 2 aromatic heterocycles. The van der Waals surface area contributed by atoms with Crippen LogP contribution in [0, 0.1) is 0 Å². The zero-order valence-electron chi connectivity index (χ0n) is 15.8. The number of aromatic nitrogens is 2. The van der Waals surface area contributed by atoms with Crippen LogP contribution in [0.2, 0.25) is 0 Å². The van der Waals surface area contributed by atoms with Crippen molar-refractivity contribution in [3.05, 3.63) is 60.6 Å². The number of nitrogens with one attached hydrogen (secondary N) is 2. The summed E-state index contributed by atoms with van der Waals surface area (Å²) >= 11 is 0. The summed E-state index contributed by atoms with van der Waals surface area (Å²) in [6.07, 6.45) is 4.45. The van der Waals surface area contributed by atoms with E-state index in [2.05, 4.69) is 20.8 Å². The molecule has 1 amide bonds. The molecule has 0 spiro atoms. The molecule has 29 heavy (non-hydrogen) atoms. The van der Waals surface area contributed by atoms with Crippen LogP contribution in [-0.2, 0) is 11.2 Å². The second kappa shape index (κ2) is 9.20. The van der Waals surface area contributed by atoms with E-state index in [0.29, 0.717) is 42.0 Å². The van der Waals surface area contributed by atoms with E-state index in [0.717, 1.165) is 18.5 Å². The fourth-order valence-corrected chi connectivity index (χ4v) is 2.81. The lowest BCUT2D eigenvalue weighted by atomic mass is 10.1. The van der Waals surface area contributed by atoms with Gasteiger partial charge >= 0.3 is 6.09 Å². The molecular weight excluding hydrogens is 372 g/mol. The molecule has 0 bridgehead atoms. The molecule has 3 aromatic rings. The number of amides is 1.